The highest BCUT2D eigenvalue weighted by molar-refractivity contribution is 9.10. The molecule has 0 amide bonds. The molecule has 0 saturated carbocycles. The Hall–Kier alpha value is -0.850. The second-order valence-corrected chi connectivity index (χ2v) is 5.10. The molecule has 8 heteroatoms. The molecule has 0 aliphatic heterocycles. The SMILES string of the molecule is CCNc1nc(-c2c(Br)nnn2C)c(Cl)cc1Cl. The van der Waals surface area contributed by atoms with Crippen molar-refractivity contribution in [3.8, 4) is 11.4 Å². The minimum atomic E-state index is 0.452. The van der Waals surface area contributed by atoms with E-state index in [-0.39, 0.29) is 0 Å². The molecule has 5 nitrogen and oxygen atoms in total. The Morgan fingerprint density at radius 1 is 1.39 bits per heavy atom. The second kappa shape index (κ2) is 5.42. The third-order valence-corrected chi connectivity index (χ3v) is 3.39. The summed E-state index contributed by atoms with van der Waals surface area (Å²) >= 11 is 15.6. The fourth-order valence-electron chi connectivity index (χ4n) is 1.51. The summed E-state index contributed by atoms with van der Waals surface area (Å²) in [6.07, 6.45) is 0. The first-order valence-electron chi connectivity index (χ1n) is 5.20. The molecule has 2 rings (SSSR count). The number of pyridine rings is 1. The summed E-state index contributed by atoms with van der Waals surface area (Å²) in [5.41, 5.74) is 1.28. The third-order valence-electron chi connectivity index (χ3n) is 2.28. The Balaban J connectivity index is 2.61. The molecule has 18 heavy (non-hydrogen) atoms. The van der Waals surface area contributed by atoms with Gasteiger partial charge in [-0.05, 0) is 28.9 Å². The summed E-state index contributed by atoms with van der Waals surface area (Å²) in [4.78, 5) is 4.42. The van der Waals surface area contributed by atoms with Crippen molar-refractivity contribution in [1.29, 1.82) is 0 Å². The second-order valence-electron chi connectivity index (χ2n) is 3.53. The number of halogens is 3. The molecule has 0 aromatic carbocycles. The van der Waals surface area contributed by atoms with Crippen LogP contribution < -0.4 is 5.32 Å². The zero-order valence-electron chi connectivity index (χ0n) is 9.71. The lowest BCUT2D eigenvalue weighted by molar-refractivity contribution is 0.718. The Bertz CT molecular complexity index is 564. The molecule has 0 saturated heterocycles. The first-order valence-corrected chi connectivity index (χ1v) is 6.75. The molecular formula is C10H10BrCl2N5. The van der Waals surface area contributed by atoms with Crippen LogP contribution in [0.2, 0.25) is 10.0 Å². The van der Waals surface area contributed by atoms with E-state index in [4.69, 9.17) is 23.2 Å². The van der Waals surface area contributed by atoms with Gasteiger partial charge < -0.3 is 5.32 Å². The molecule has 96 valence electrons. The summed E-state index contributed by atoms with van der Waals surface area (Å²) in [5, 5.41) is 11.8. The number of nitrogens with zero attached hydrogens (tertiary/aromatic N) is 4. The minimum Gasteiger partial charge on any atom is -0.369 e. The lowest BCUT2D eigenvalue weighted by Gasteiger charge is -2.09. The maximum Gasteiger partial charge on any atom is 0.157 e. The van der Waals surface area contributed by atoms with E-state index >= 15 is 0 Å². The Morgan fingerprint density at radius 3 is 2.67 bits per heavy atom. The lowest BCUT2D eigenvalue weighted by atomic mass is 10.3. The predicted octanol–water partition coefficient (Wildman–Crippen LogP) is 3.38. The van der Waals surface area contributed by atoms with Crippen LogP contribution in [0.15, 0.2) is 10.7 Å². The largest absolute Gasteiger partial charge is 0.369 e. The molecule has 0 unspecified atom stereocenters. The highest BCUT2D eigenvalue weighted by atomic mass is 79.9. The van der Waals surface area contributed by atoms with Crippen molar-refractivity contribution in [1.82, 2.24) is 20.0 Å². The van der Waals surface area contributed by atoms with Gasteiger partial charge in [-0.3, -0.25) is 0 Å². The van der Waals surface area contributed by atoms with E-state index in [9.17, 15) is 0 Å². The highest BCUT2D eigenvalue weighted by Gasteiger charge is 2.17. The van der Waals surface area contributed by atoms with Gasteiger partial charge >= 0.3 is 0 Å². The quantitative estimate of drug-likeness (QED) is 0.921. The Labute approximate surface area is 123 Å². The van der Waals surface area contributed by atoms with E-state index in [1.807, 2.05) is 6.92 Å². The van der Waals surface area contributed by atoms with Crippen LogP contribution in [0.25, 0.3) is 11.4 Å². The zero-order chi connectivity index (χ0) is 13.3. The van der Waals surface area contributed by atoms with Crippen molar-refractivity contribution in [3.05, 3.63) is 20.7 Å². The monoisotopic (exact) mass is 349 g/mol. The van der Waals surface area contributed by atoms with Crippen molar-refractivity contribution in [2.45, 2.75) is 6.92 Å². The van der Waals surface area contributed by atoms with Crippen LogP contribution in [0.5, 0.6) is 0 Å². The number of hydrogen-bond donors (Lipinski definition) is 1. The number of anilines is 1. The summed E-state index contributed by atoms with van der Waals surface area (Å²) < 4.78 is 2.19. The molecule has 0 aliphatic rings. The lowest BCUT2D eigenvalue weighted by Crippen LogP contribution is -2.03. The summed E-state index contributed by atoms with van der Waals surface area (Å²) in [5.74, 6) is 0.590. The van der Waals surface area contributed by atoms with Gasteiger partial charge in [-0.15, -0.1) is 5.10 Å². The van der Waals surface area contributed by atoms with Gasteiger partial charge in [-0.1, -0.05) is 28.4 Å². The molecule has 2 aromatic heterocycles. The van der Waals surface area contributed by atoms with E-state index in [1.165, 1.54) is 0 Å². The van der Waals surface area contributed by atoms with Crippen molar-refractivity contribution < 1.29 is 0 Å². The molecule has 0 aliphatic carbocycles. The molecule has 0 atom stereocenters. The van der Waals surface area contributed by atoms with Crippen LogP contribution in [-0.2, 0) is 7.05 Å². The normalized spacial score (nSPS) is 10.7. The standard InChI is InChI=1S/C10H10BrCl2N5/c1-3-14-10-6(13)4-5(12)7(15-10)8-9(11)16-17-18(8)2/h4H,3H2,1-2H3,(H,14,15). The van der Waals surface area contributed by atoms with E-state index in [0.717, 1.165) is 6.54 Å². The number of rotatable bonds is 3. The number of aryl methyl sites for hydroxylation is 1. The van der Waals surface area contributed by atoms with Crippen molar-refractivity contribution in [3.63, 3.8) is 0 Å². The van der Waals surface area contributed by atoms with Gasteiger partial charge in [0.1, 0.15) is 17.2 Å². The summed E-state index contributed by atoms with van der Waals surface area (Å²) in [6, 6.07) is 1.66. The summed E-state index contributed by atoms with van der Waals surface area (Å²) in [7, 11) is 1.77. The van der Waals surface area contributed by atoms with Gasteiger partial charge in [0, 0.05) is 13.6 Å². The topological polar surface area (TPSA) is 55.6 Å². The van der Waals surface area contributed by atoms with Gasteiger partial charge in [0.15, 0.2) is 4.60 Å². The predicted molar refractivity (Wildman–Crippen MR) is 76.1 cm³/mol. The molecule has 2 aromatic rings. The summed E-state index contributed by atoms with van der Waals surface area (Å²) in [6.45, 7) is 2.69. The van der Waals surface area contributed by atoms with Crippen LogP contribution in [0.4, 0.5) is 5.82 Å². The number of aromatic nitrogens is 4. The van der Waals surface area contributed by atoms with Crippen LogP contribution in [0.3, 0.4) is 0 Å². The van der Waals surface area contributed by atoms with Gasteiger partial charge in [-0.2, -0.15) is 0 Å². The van der Waals surface area contributed by atoms with Crippen molar-refractivity contribution in [2.24, 2.45) is 7.05 Å². The van der Waals surface area contributed by atoms with Gasteiger partial charge in [0.2, 0.25) is 0 Å². The smallest absolute Gasteiger partial charge is 0.157 e. The minimum absolute atomic E-state index is 0.452. The van der Waals surface area contributed by atoms with Crippen LogP contribution in [0.1, 0.15) is 6.92 Å². The average molecular weight is 351 g/mol. The average Bonchev–Trinajstić information content (AvgIpc) is 2.63. The first kappa shape index (κ1) is 13.6. The van der Waals surface area contributed by atoms with Crippen molar-refractivity contribution >= 4 is 44.9 Å². The molecule has 0 radical (unpaired) electrons. The van der Waals surface area contributed by atoms with Gasteiger partial charge in [0.25, 0.3) is 0 Å². The number of nitrogens with one attached hydrogen (secondary N) is 1. The Kier molecular flexibility index (Phi) is 4.09. The fourth-order valence-corrected chi connectivity index (χ4v) is 2.54. The molecule has 1 N–H and O–H groups in total. The molecular weight excluding hydrogens is 341 g/mol. The Morgan fingerprint density at radius 2 is 2.11 bits per heavy atom. The molecule has 0 spiro atoms. The van der Waals surface area contributed by atoms with Crippen molar-refractivity contribution in [2.75, 3.05) is 11.9 Å². The maximum absolute atomic E-state index is 6.17. The number of hydrogen-bond acceptors (Lipinski definition) is 4. The van der Waals surface area contributed by atoms with Crippen LogP contribution >= 0.6 is 39.1 Å². The van der Waals surface area contributed by atoms with E-state index in [1.54, 1.807) is 17.8 Å². The highest BCUT2D eigenvalue weighted by Crippen LogP contribution is 2.34. The maximum atomic E-state index is 6.17. The zero-order valence-corrected chi connectivity index (χ0v) is 12.8. The van der Waals surface area contributed by atoms with E-state index in [2.05, 4.69) is 36.5 Å². The van der Waals surface area contributed by atoms with E-state index in [0.29, 0.717) is 31.9 Å². The molecule has 0 fully saturated rings. The van der Waals surface area contributed by atoms with E-state index < -0.39 is 0 Å². The van der Waals surface area contributed by atoms with Crippen LogP contribution in [-0.4, -0.2) is 26.5 Å². The van der Waals surface area contributed by atoms with Gasteiger partial charge in [-0.25, -0.2) is 9.67 Å². The molecule has 2 heterocycles. The van der Waals surface area contributed by atoms with Gasteiger partial charge in [0.05, 0.1) is 10.0 Å². The molecule has 0 bridgehead atoms. The van der Waals surface area contributed by atoms with Crippen LogP contribution in [0, 0.1) is 0 Å². The third kappa shape index (κ3) is 2.46. The fraction of sp³-hybridized carbons (Fsp3) is 0.300. The first-order chi connectivity index (χ1) is 8.54.